The first kappa shape index (κ1) is 11.1. The molecule has 1 aliphatic heterocycles. The fourth-order valence-corrected chi connectivity index (χ4v) is 1.73. The lowest BCUT2D eigenvalue weighted by atomic mass is 10.4. The molecule has 0 fully saturated rings. The van der Waals surface area contributed by atoms with Crippen LogP contribution in [0.25, 0.3) is 0 Å². The topological polar surface area (TPSA) is 84.3 Å². The summed E-state index contributed by atoms with van der Waals surface area (Å²) in [6, 6.07) is 1.20. The van der Waals surface area contributed by atoms with Crippen molar-refractivity contribution < 1.29 is 9.84 Å². The molecule has 2 N–H and O–H groups in total. The first-order valence-electron chi connectivity index (χ1n) is 4.57. The van der Waals surface area contributed by atoms with Gasteiger partial charge in [0, 0.05) is 12.3 Å². The lowest BCUT2D eigenvalue weighted by Crippen LogP contribution is -2.32. The van der Waals surface area contributed by atoms with Gasteiger partial charge in [-0.3, -0.25) is 14.3 Å². The molecule has 0 amide bonds. The van der Waals surface area contributed by atoms with E-state index in [1.54, 1.807) is 0 Å². The Hall–Kier alpha value is -1.37. The zero-order valence-electron chi connectivity index (χ0n) is 8.09. The average molecular weight is 245 g/mol. The second-order valence-electron chi connectivity index (χ2n) is 3.28. The number of nitrogens with zero attached hydrogens (tertiary/aromatic N) is 1. The Labute approximate surface area is 94.7 Å². The van der Waals surface area contributed by atoms with Crippen molar-refractivity contribution in [3.8, 4) is 0 Å². The molecule has 1 aromatic rings. The summed E-state index contributed by atoms with van der Waals surface area (Å²) in [4.78, 5) is 24.4. The van der Waals surface area contributed by atoms with E-state index in [1.165, 1.54) is 18.3 Å². The van der Waals surface area contributed by atoms with Gasteiger partial charge in [0.1, 0.15) is 6.10 Å². The maximum Gasteiger partial charge on any atom is 0.330 e. The fraction of sp³-hybridized carbons (Fsp3) is 0.333. The molecule has 1 aliphatic rings. The van der Waals surface area contributed by atoms with Gasteiger partial charge in [0.15, 0.2) is 6.23 Å². The molecule has 86 valence electrons. The van der Waals surface area contributed by atoms with Gasteiger partial charge in [0.25, 0.3) is 5.56 Å². The van der Waals surface area contributed by atoms with Gasteiger partial charge in [-0.15, -0.1) is 0 Å². The summed E-state index contributed by atoms with van der Waals surface area (Å²) >= 11 is 5.87. The molecular weight excluding hydrogens is 236 g/mol. The first-order valence-corrected chi connectivity index (χ1v) is 4.94. The molecule has 1 aromatic heterocycles. The molecule has 0 saturated heterocycles. The highest BCUT2D eigenvalue weighted by molar-refractivity contribution is 6.30. The van der Waals surface area contributed by atoms with Gasteiger partial charge >= 0.3 is 5.69 Å². The van der Waals surface area contributed by atoms with E-state index in [0.29, 0.717) is 5.03 Å². The van der Waals surface area contributed by atoms with Crippen molar-refractivity contribution in [3.05, 3.63) is 44.2 Å². The predicted octanol–water partition coefficient (Wildman–Crippen LogP) is -0.451. The van der Waals surface area contributed by atoms with E-state index < -0.39 is 23.6 Å². The summed E-state index contributed by atoms with van der Waals surface area (Å²) < 4.78 is 6.44. The number of H-pyrrole nitrogens is 1. The Bertz CT molecular complexity index is 533. The number of hydrogen-bond acceptors (Lipinski definition) is 4. The predicted molar refractivity (Wildman–Crippen MR) is 56.3 cm³/mol. The molecule has 2 heterocycles. The molecule has 2 atom stereocenters. The van der Waals surface area contributed by atoms with Crippen molar-refractivity contribution in [3.63, 3.8) is 0 Å². The summed E-state index contributed by atoms with van der Waals surface area (Å²) in [5, 5.41) is 9.19. The summed E-state index contributed by atoms with van der Waals surface area (Å²) in [7, 11) is 0. The zero-order valence-corrected chi connectivity index (χ0v) is 8.85. The van der Waals surface area contributed by atoms with E-state index in [0.717, 1.165) is 4.57 Å². The molecule has 2 unspecified atom stereocenters. The van der Waals surface area contributed by atoms with Gasteiger partial charge in [-0.25, -0.2) is 4.79 Å². The molecule has 0 aliphatic carbocycles. The van der Waals surface area contributed by atoms with E-state index in [1.807, 2.05) is 0 Å². The van der Waals surface area contributed by atoms with Crippen LogP contribution in [0.4, 0.5) is 0 Å². The minimum absolute atomic E-state index is 0.217. The van der Waals surface area contributed by atoms with Gasteiger partial charge in [-0.1, -0.05) is 11.6 Å². The van der Waals surface area contributed by atoms with E-state index in [9.17, 15) is 9.59 Å². The number of nitrogens with one attached hydrogen (secondary N) is 1. The number of aliphatic hydroxyl groups excluding tert-OH is 1. The molecule has 0 saturated carbocycles. The average Bonchev–Trinajstić information content (AvgIpc) is 2.60. The van der Waals surface area contributed by atoms with E-state index in [2.05, 4.69) is 4.98 Å². The first-order chi connectivity index (χ1) is 7.61. The van der Waals surface area contributed by atoms with Crippen LogP contribution in [0.3, 0.4) is 0 Å². The zero-order chi connectivity index (χ0) is 11.7. The Kier molecular flexibility index (Phi) is 2.95. The van der Waals surface area contributed by atoms with Crippen LogP contribution in [0.2, 0.25) is 0 Å². The van der Waals surface area contributed by atoms with Gasteiger partial charge in [-0.2, -0.15) is 0 Å². The molecule has 0 spiro atoms. The molecule has 16 heavy (non-hydrogen) atoms. The Morgan fingerprint density at radius 2 is 2.31 bits per heavy atom. The highest BCUT2D eigenvalue weighted by atomic mass is 35.5. The normalized spacial score (nSPS) is 24.5. The molecule has 6 nitrogen and oxygen atoms in total. The van der Waals surface area contributed by atoms with Crippen LogP contribution in [0.15, 0.2) is 33.0 Å². The summed E-state index contributed by atoms with van der Waals surface area (Å²) in [6.45, 7) is -0.217. The van der Waals surface area contributed by atoms with Crippen LogP contribution in [0.1, 0.15) is 6.23 Å². The van der Waals surface area contributed by atoms with E-state index in [-0.39, 0.29) is 6.61 Å². The lowest BCUT2D eigenvalue weighted by molar-refractivity contribution is -0.0119. The Morgan fingerprint density at radius 1 is 1.56 bits per heavy atom. The standard InChI is InChI=1S/C9H9ClN2O4/c10-6-3-5(4-13)16-8(6)12-2-1-7(14)11-9(12)15/h1-3,5,8,13H,4H2,(H,11,14,15). The van der Waals surface area contributed by atoms with Gasteiger partial charge in [0.05, 0.1) is 11.6 Å². The molecule has 0 aromatic carbocycles. The smallest absolute Gasteiger partial charge is 0.330 e. The van der Waals surface area contributed by atoms with Crippen LogP contribution in [-0.2, 0) is 4.74 Å². The van der Waals surface area contributed by atoms with Crippen molar-refractivity contribution >= 4 is 11.6 Å². The largest absolute Gasteiger partial charge is 0.393 e. The third-order valence-electron chi connectivity index (χ3n) is 2.17. The van der Waals surface area contributed by atoms with Crippen molar-refractivity contribution in [1.82, 2.24) is 9.55 Å². The number of aliphatic hydroxyl groups is 1. The van der Waals surface area contributed by atoms with Crippen LogP contribution < -0.4 is 11.2 Å². The third-order valence-corrected chi connectivity index (χ3v) is 2.48. The maximum absolute atomic E-state index is 11.4. The second kappa shape index (κ2) is 4.25. The van der Waals surface area contributed by atoms with Crippen molar-refractivity contribution in [2.45, 2.75) is 12.3 Å². The SMILES string of the molecule is O=c1ccn(C2OC(CO)C=C2Cl)c(=O)[nH]1. The molecule has 2 rings (SSSR count). The number of halogens is 1. The Morgan fingerprint density at radius 3 is 2.88 bits per heavy atom. The highest BCUT2D eigenvalue weighted by Gasteiger charge is 2.27. The van der Waals surface area contributed by atoms with Crippen molar-refractivity contribution in [2.24, 2.45) is 0 Å². The quantitative estimate of drug-likeness (QED) is 0.738. The Balaban J connectivity index is 2.37. The second-order valence-corrected chi connectivity index (χ2v) is 3.71. The van der Waals surface area contributed by atoms with Crippen LogP contribution in [0, 0.1) is 0 Å². The molecule has 0 bridgehead atoms. The van der Waals surface area contributed by atoms with Gasteiger partial charge < -0.3 is 9.84 Å². The molecular formula is C9H9ClN2O4. The van der Waals surface area contributed by atoms with Crippen LogP contribution >= 0.6 is 11.6 Å². The van der Waals surface area contributed by atoms with E-state index in [4.69, 9.17) is 21.4 Å². The maximum atomic E-state index is 11.4. The monoisotopic (exact) mass is 244 g/mol. The van der Waals surface area contributed by atoms with Crippen molar-refractivity contribution in [2.75, 3.05) is 6.61 Å². The number of ether oxygens (including phenoxy) is 1. The summed E-state index contributed by atoms with van der Waals surface area (Å²) in [5.41, 5.74) is -1.10. The number of aromatic amines is 1. The summed E-state index contributed by atoms with van der Waals surface area (Å²) in [6.07, 6.45) is 1.49. The third kappa shape index (κ3) is 1.95. The van der Waals surface area contributed by atoms with Crippen molar-refractivity contribution in [1.29, 1.82) is 0 Å². The van der Waals surface area contributed by atoms with Crippen LogP contribution in [0.5, 0.6) is 0 Å². The fourth-order valence-electron chi connectivity index (χ4n) is 1.44. The minimum Gasteiger partial charge on any atom is -0.393 e. The minimum atomic E-state index is -0.789. The summed E-state index contributed by atoms with van der Waals surface area (Å²) in [5.74, 6) is 0. The number of aromatic nitrogens is 2. The van der Waals surface area contributed by atoms with Gasteiger partial charge in [-0.05, 0) is 6.08 Å². The number of hydrogen-bond donors (Lipinski definition) is 2. The molecule has 7 heteroatoms. The highest BCUT2D eigenvalue weighted by Crippen LogP contribution is 2.29. The van der Waals surface area contributed by atoms with Crippen LogP contribution in [-0.4, -0.2) is 27.4 Å². The van der Waals surface area contributed by atoms with E-state index >= 15 is 0 Å². The molecule has 0 radical (unpaired) electrons. The number of rotatable bonds is 2. The lowest BCUT2D eigenvalue weighted by Gasteiger charge is -2.15. The van der Waals surface area contributed by atoms with Gasteiger partial charge in [0.2, 0.25) is 0 Å².